The summed E-state index contributed by atoms with van der Waals surface area (Å²) in [5.74, 6) is 0.912. The molecule has 0 saturated carbocycles. The minimum absolute atomic E-state index is 0.579. The van der Waals surface area contributed by atoms with Crippen LogP contribution in [0.5, 0.6) is 0 Å². The zero-order chi connectivity index (χ0) is 13.4. The second-order valence-corrected chi connectivity index (χ2v) is 4.93. The summed E-state index contributed by atoms with van der Waals surface area (Å²) in [6.07, 6.45) is 5.81. The lowest BCUT2D eigenvalue weighted by atomic mass is 9.99. The predicted molar refractivity (Wildman–Crippen MR) is 78.2 cm³/mol. The van der Waals surface area contributed by atoms with E-state index in [1.54, 1.807) is 6.26 Å². The summed E-state index contributed by atoms with van der Waals surface area (Å²) >= 11 is 0. The van der Waals surface area contributed by atoms with Crippen molar-refractivity contribution in [3.63, 3.8) is 0 Å². The topological polar surface area (TPSA) is 18.5 Å². The van der Waals surface area contributed by atoms with Gasteiger partial charge in [0.05, 0.1) is 6.26 Å². The SMILES string of the molecule is [c]1cccc2c1COC(c1ccc3c(c1)COC=C3)=C2. The van der Waals surface area contributed by atoms with Crippen molar-refractivity contribution in [3.05, 3.63) is 76.5 Å². The van der Waals surface area contributed by atoms with Crippen LogP contribution in [0.3, 0.4) is 0 Å². The van der Waals surface area contributed by atoms with Crippen molar-refractivity contribution in [1.29, 1.82) is 0 Å². The lowest BCUT2D eigenvalue weighted by Gasteiger charge is -2.19. The van der Waals surface area contributed by atoms with Crippen molar-refractivity contribution in [1.82, 2.24) is 0 Å². The third-order valence-corrected chi connectivity index (χ3v) is 3.65. The van der Waals surface area contributed by atoms with Gasteiger partial charge >= 0.3 is 0 Å². The van der Waals surface area contributed by atoms with Crippen LogP contribution in [-0.4, -0.2) is 0 Å². The molecule has 2 heteroatoms. The van der Waals surface area contributed by atoms with E-state index >= 15 is 0 Å². The van der Waals surface area contributed by atoms with Gasteiger partial charge in [0.1, 0.15) is 19.0 Å². The Labute approximate surface area is 118 Å². The molecule has 2 aromatic rings. The van der Waals surface area contributed by atoms with Crippen LogP contribution in [0.1, 0.15) is 27.8 Å². The first-order valence-corrected chi connectivity index (χ1v) is 6.66. The molecule has 0 bridgehead atoms. The van der Waals surface area contributed by atoms with Crippen LogP contribution in [-0.2, 0) is 22.7 Å². The monoisotopic (exact) mass is 261 g/mol. The van der Waals surface area contributed by atoms with Crippen molar-refractivity contribution < 1.29 is 9.47 Å². The highest BCUT2D eigenvalue weighted by Crippen LogP contribution is 2.30. The maximum absolute atomic E-state index is 5.85. The molecule has 2 heterocycles. The van der Waals surface area contributed by atoms with Gasteiger partial charge in [-0.25, -0.2) is 0 Å². The van der Waals surface area contributed by atoms with Crippen molar-refractivity contribution in [3.8, 4) is 0 Å². The van der Waals surface area contributed by atoms with Gasteiger partial charge in [0, 0.05) is 11.1 Å². The van der Waals surface area contributed by atoms with E-state index in [-0.39, 0.29) is 0 Å². The number of hydrogen-bond donors (Lipinski definition) is 0. The van der Waals surface area contributed by atoms with E-state index in [0.29, 0.717) is 13.2 Å². The van der Waals surface area contributed by atoms with Gasteiger partial charge in [-0.05, 0) is 41.0 Å². The number of ether oxygens (including phenoxy) is 2. The van der Waals surface area contributed by atoms with Crippen molar-refractivity contribution in [2.45, 2.75) is 13.2 Å². The third-order valence-electron chi connectivity index (χ3n) is 3.65. The molecule has 20 heavy (non-hydrogen) atoms. The molecule has 0 saturated heterocycles. The Hall–Kier alpha value is -2.48. The third kappa shape index (κ3) is 1.90. The normalized spacial score (nSPS) is 15.5. The van der Waals surface area contributed by atoms with Gasteiger partial charge in [0.25, 0.3) is 0 Å². The quantitative estimate of drug-likeness (QED) is 0.772. The molecular formula is C18H13O2. The average Bonchev–Trinajstić information content (AvgIpc) is 2.54. The molecule has 0 aromatic heterocycles. The summed E-state index contributed by atoms with van der Waals surface area (Å²) in [6.45, 7) is 1.20. The maximum atomic E-state index is 5.85. The molecular weight excluding hydrogens is 248 g/mol. The van der Waals surface area contributed by atoms with Gasteiger partial charge in [-0.1, -0.05) is 30.3 Å². The van der Waals surface area contributed by atoms with Gasteiger partial charge in [-0.15, -0.1) is 0 Å². The van der Waals surface area contributed by atoms with Crippen LogP contribution in [0.25, 0.3) is 17.9 Å². The minimum atomic E-state index is 0.579. The molecule has 0 amide bonds. The summed E-state index contributed by atoms with van der Waals surface area (Å²) in [5, 5.41) is 0. The van der Waals surface area contributed by atoms with Crippen molar-refractivity contribution in [2.24, 2.45) is 0 Å². The lowest BCUT2D eigenvalue weighted by molar-refractivity contribution is 0.234. The van der Waals surface area contributed by atoms with Crippen molar-refractivity contribution in [2.75, 3.05) is 0 Å². The second-order valence-electron chi connectivity index (χ2n) is 4.93. The largest absolute Gasteiger partial charge is 0.496 e. The van der Waals surface area contributed by atoms with E-state index in [2.05, 4.69) is 36.4 Å². The zero-order valence-corrected chi connectivity index (χ0v) is 10.9. The summed E-state index contributed by atoms with van der Waals surface area (Å²) in [6, 6.07) is 15.6. The van der Waals surface area contributed by atoms with Crippen LogP contribution >= 0.6 is 0 Å². The first kappa shape index (κ1) is 11.4. The molecule has 0 fully saturated rings. The van der Waals surface area contributed by atoms with Gasteiger partial charge in [-0.3, -0.25) is 0 Å². The molecule has 2 aliphatic rings. The van der Waals surface area contributed by atoms with E-state index in [9.17, 15) is 0 Å². The molecule has 2 nitrogen and oxygen atoms in total. The van der Waals surface area contributed by atoms with Gasteiger partial charge in [-0.2, -0.15) is 0 Å². The summed E-state index contributed by atoms with van der Waals surface area (Å²) in [4.78, 5) is 0. The van der Waals surface area contributed by atoms with Crippen LogP contribution in [0.4, 0.5) is 0 Å². The Balaban J connectivity index is 1.76. The van der Waals surface area contributed by atoms with Crippen LogP contribution in [0.15, 0.2) is 42.7 Å². The van der Waals surface area contributed by atoms with E-state index in [4.69, 9.17) is 9.47 Å². The predicted octanol–water partition coefficient (Wildman–Crippen LogP) is 4.02. The molecule has 0 aliphatic carbocycles. The van der Waals surface area contributed by atoms with Crippen LogP contribution in [0, 0.1) is 6.07 Å². The van der Waals surface area contributed by atoms with E-state index in [1.165, 1.54) is 16.7 Å². The number of benzene rings is 2. The Kier molecular flexibility index (Phi) is 2.59. The Morgan fingerprint density at radius 1 is 1.05 bits per heavy atom. The fourth-order valence-corrected chi connectivity index (χ4v) is 2.55. The molecule has 97 valence electrons. The van der Waals surface area contributed by atoms with Gasteiger partial charge in [0.15, 0.2) is 0 Å². The van der Waals surface area contributed by atoms with Crippen LogP contribution in [0.2, 0.25) is 0 Å². The highest BCUT2D eigenvalue weighted by Gasteiger charge is 2.14. The molecule has 2 aromatic carbocycles. The molecule has 2 aliphatic heterocycles. The fraction of sp³-hybridized carbons (Fsp3) is 0.111. The molecule has 0 unspecified atom stereocenters. The molecule has 4 rings (SSSR count). The first-order valence-electron chi connectivity index (χ1n) is 6.66. The zero-order valence-electron chi connectivity index (χ0n) is 10.9. The Morgan fingerprint density at radius 3 is 3.05 bits per heavy atom. The smallest absolute Gasteiger partial charge is 0.127 e. The average molecular weight is 261 g/mol. The summed E-state index contributed by atoms with van der Waals surface area (Å²) in [5.41, 5.74) is 5.80. The molecule has 0 N–H and O–H groups in total. The Morgan fingerprint density at radius 2 is 2.05 bits per heavy atom. The molecule has 1 radical (unpaired) electrons. The molecule has 0 spiro atoms. The maximum Gasteiger partial charge on any atom is 0.127 e. The first-order chi connectivity index (χ1) is 9.90. The standard InChI is InChI=1S/C18H13O2/c1-2-4-16-12-20-18(10-14(16)3-1)15-6-5-13-7-8-19-11-17(13)9-15/h1-3,5-10H,11-12H2. The number of hydrogen-bond acceptors (Lipinski definition) is 2. The number of rotatable bonds is 1. The number of fused-ring (bicyclic) bond motifs is 2. The Bertz CT molecular complexity index is 726. The van der Waals surface area contributed by atoms with E-state index in [0.717, 1.165) is 16.9 Å². The molecule has 0 atom stereocenters. The summed E-state index contributed by atoms with van der Waals surface area (Å²) in [7, 11) is 0. The van der Waals surface area contributed by atoms with Gasteiger partial charge < -0.3 is 9.47 Å². The van der Waals surface area contributed by atoms with Gasteiger partial charge in [0.2, 0.25) is 0 Å². The van der Waals surface area contributed by atoms with E-state index in [1.807, 2.05) is 18.2 Å². The van der Waals surface area contributed by atoms with E-state index < -0.39 is 0 Å². The fourth-order valence-electron chi connectivity index (χ4n) is 2.55. The van der Waals surface area contributed by atoms with Crippen molar-refractivity contribution >= 4 is 17.9 Å². The highest BCUT2D eigenvalue weighted by molar-refractivity contribution is 5.80. The second kappa shape index (κ2) is 4.57. The van der Waals surface area contributed by atoms with Crippen LogP contribution < -0.4 is 0 Å². The summed E-state index contributed by atoms with van der Waals surface area (Å²) < 4.78 is 11.2. The highest BCUT2D eigenvalue weighted by atomic mass is 16.5. The lowest BCUT2D eigenvalue weighted by Crippen LogP contribution is -2.03. The minimum Gasteiger partial charge on any atom is -0.496 e.